The predicted octanol–water partition coefficient (Wildman–Crippen LogP) is 2.18. The highest BCUT2D eigenvalue weighted by Gasteiger charge is 2.06. The molecule has 0 amide bonds. The largest absolute Gasteiger partial charge is 0.381 e. The van der Waals surface area contributed by atoms with Crippen molar-refractivity contribution in [2.45, 2.75) is 19.9 Å². The highest BCUT2D eigenvalue weighted by Crippen LogP contribution is 2.04. The van der Waals surface area contributed by atoms with E-state index < -0.39 is 0 Å². The van der Waals surface area contributed by atoms with Crippen LogP contribution in [0.5, 0.6) is 0 Å². The monoisotopic (exact) mass is 214 g/mol. The quantitative estimate of drug-likeness (QED) is 0.793. The molecule has 3 heteroatoms. The molecule has 0 radical (unpaired) electrons. The molecule has 1 aromatic carbocycles. The average Bonchev–Trinajstić information content (AvgIpc) is 2.30. The minimum absolute atomic E-state index is 0.425. The first-order chi connectivity index (χ1) is 7.75. The second-order valence-electron chi connectivity index (χ2n) is 3.99. The van der Waals surface area contributed by atoms with Crippen molar-refractivity contribution < 1.29 is 4.68 Å². The Kier molecular flexibility index (Phi) is 3.15. The van der Waals surface area contributed by atoms with Gasteiger partial charge in [0.15, 0.2) is 0 Å². The summed E-state index contributed by atoms with van der Waals surface area (Å²) in [5.74, 6) is 0. The number of aromatic nitrogens is 2. The summed E-state index contributed by atoms with van der Waals surface area (Å²) < 4.78 is 1.85. The number of anilines is 1. The van der Waals surface area contributed by atoms with Gasteiger partial charge in [-0.2, -0.15) is 0 Å². The van der Waals surface area contributed by atoms with Gasteiger partial charge in [0.05, 0.1) is 5.69 Å². The zero-order chi connectivity index (χ0) is 11.4. The SMILES string of the molecule is CC(C)Nc1cc[n+](-c2ccccc2)nc1. The third kappa shape index (κ3) is 2.57. The minimum Gasteiger partial charge on any atom is -0.381 e. The molecule has 16 heavy (non-hydrogen) atoms. The fourth-order valence-electron chi connectivity index (χ4n) is 1.51. The van der Waals surface area contributed by atoms with E-state index in [0.29, 0.717) is 6.04 Å². The van der Waals surface area contributed by atoms with Crippen LogP contribution in [-0.4, -0.2) is 11.1 Å². The number of para-hydroxylation sites is 1. The zero-order valence-electron chi connectivity index (χ0n) is 9.59. The van der Waals surface area contributed by atoms with Crippen LogP contribution in [0.15, 0.2) is 48.8 Å². The van der Waals surface area contributed by atoms with Gasteiger partial charge in [0.1, 0.15) is 6.20 Å². The number of nitrogens with one attached hydrogen (secondary N) is 1. The fraction of sp³-hybridized carbons (Fsp3) is 0.231. The lowest BCUT2D eigenvalue weighted by Crippen LogP contribution is -2.34. The Morgan fingerprint density at radius 2 is 1.88 bits per heavy atom. The summed E-state index contributed by atoms with van der Waals surface area (Å²) in [4.78, 5) is 0. The molecule has 0 spiro atoms. The standard InChI is InChI=1S/C13H15N3/c1-11(2)15-12-8-9-16(14-10-12)13-6-4-3-5-7-13/h3-11H,1-2H3/p+1. The normalized spacial score (nSPS) is 10.4. The molecule has 2 aromatic rings. The molecule has 3 nitrogen and oxygen atoms in total. The van der Waals surface area contributed by atoms with Gasteiger partial charge < -0.3 is 5.32 Å². The van der Waals surface area contributed by atoms with Crippen LogP contribution in [0.4, 0.5) is 5.69 Å². The lowest BCUT2D eigenvalue weighted by Gasteiger charge is -2.07. The summed E-state index contributed by atoms with van der Waals surface area (Å²) in [6.07, 6.45) is 3.80. The fourth-order valence-corrected chi connectivity index (χ4v) is 1.51. The van der Waals surface area contributed by atoms with Gasteiger partial charge in [0.2, 0.25) is 11.9 Å². The van der Waals surface area contributed by atoms with Crippen LogP contribution in [0.2, 0.25) is 0 Å². The first-order valence-corrected chi connectivity index (χ1v) is 5.45. The minimum atomic E-state index is 0.425. The Labute approximate surface area is 95.8 Å². The Morgan fingerprint density at radius 3 is 2.44 bits per heavy atom. The van der Waals surface area contributed by atoms with E-state index in [1.807, 2.05) is 53.5 Å². The number of nitrogens with zero attached hydrogens (tertiary/aromatic N) is 2. The Balaban J connectivity index is 2.20. The van der Waals surface area contributed by atoms with Crippen molar-refractivity contribution >= 4 is 5.69 Å². The van der Waals surface area contributed by atoms with Crippen molar-refractivity contribution in [3.05, 3.63) is 48.8 Å². The molecule has 0 aliphatic heterocycles. The molecule has 0 fully saturated rings. The van der Waals surface area contributed by atoms with E-state index in [2.05, 4.69) is 24.3 Å². The van der Waals surface area contributed by atoms with Gasteiger partial charge in [-0.15, -0.1) is 0 Å². The summed E-state index contributed by atoms with van der Waals surface area (Å²) in [5.41, 5.74) is 2.11. The lowest BCUT2D eigenvalue weighted by atomic mass is 10.3. The van der Waals surface area contributed by atoms with Gasteiger partial charge in [0, 0.05) is 24.2 Å². The first kappa shape index (κ1) is 10.6. The van der Waals surface area contributed by atoms with E-state index in [-0.39, 0.29) is 0 Å². The number of rotatable bonds is 3. The number of hydrogen-bond acceptors (Lipinski definition) is 2. The Hall–Kier alpha value is -1.90. The van der Waals surface area contributed by atoms with Crippen molar-refractivity contribution in [3.63, 3.8) is 0 Å². The van der Waals surface area contributed by atoms with Crippen LogP contribution in [0, 0.1) is 0 Å². The summed E-state index contributed by atoms with van der Waals surface area (Å²) in [7, 11) is 0. The van der Waals surface area contributed by atoms with E-state index >= 15 is 0 Å². The smallest absolute Gasteiger partial charge is 0.238 e. The maximum atomic E-state index is 4.36. The van der Waals surface area contributed by atoms with Crippen molar-refractivity contribution in [1.82, 2.24) is 5.10 Å². The second-order valence-corrected chi connectivity index (χ2v) is 3.99. The second kappa shape index (κ2) is 4.75. The maximum Gasteiger partial charge on any atom is 0.238 e. The van der Waals surface area contributed by atoms with Crippen molar-refractivity contribution in [2.24, 2.45) is 0 Å². The molecule has 0 atom stereocenters. The van der Waals surface area contributed by atoms with E-state index in [1.165, 1.54) is 0 Å². The van der Waals surface area contributed by atoms with E-state index in [9.17, 15) is 0 Å². The zero-order valence-corrected chi connectivity index (χ0v) is 9.59. The van der Waals surface area contributed by atoms with Crippen molar-refractivity contribution in [1.29, 1.82) is 0 Å². The molecular formula is C13H16N3+. The first-order valence-electron chi connectivity index (χ1n) is 5.45. The van der Waals surface area contributed by atoms with E-state index in [0.717, 1.165) is 11.4 Å². The van der Waals surface area contributed by atoms with Crippen LogP contribution in [-0.2, 0) is 0 Å². The van der Waals surface area contributed by atoms with Crippen LogP contribution < -0.4 is 10.00 Å². The molecule has 1 N–H and O–H groups in total. The molecule has 0 aliphatic carbocycles. The third-order valence-corrected chi connectivity index (χ3v) is 2.19. The molecule has 0 saturated heterocycles. The molecule has 0 aliphatic rings. The average molecular weight is 214 g/mol. The summed E-state index contributed by atoms with van der Waals surface area (Å²) in [5, 5.41) is 7.66. The molecule has 2 rings (SSSR count). The van der Waals surface area contributed by atoms with Crippen molar-refractivity contribution in [3.8, 4) is 5.69 Å². The summed E-state index contributed by atoms with van der Waals surface area (Å²) >= 11 is 0. The van der Waals surface area contributed by atoms with Crippen LogP contribution >= 0.6 is 0 Å². The van der Waals surface area contributed by atoms with Gasteiger partial charge >= 0.3 is 0 Å². The molecular weight excluding hydrogens is 198 g/mol. The summed E-state index contributed by atoms with van der Waals surface area (Å²) in [6, 6.07) is 12.5. The molecule has 1 heterocycles. The van der Waals surface area contributed by atoms with Crippen LogP contribution in [0.3, 0.4) is 0 Å². The Morgan fingerprint density at radius 1 is 1.12 bits per heavy atom. The number of benzene rings is 1. The highest BCUT2D eigenvalue weighted by molar-refractivity contribution is 5.38. The van der Waals surface area contributed by atoms with E-state index in [1.54, 1.807) is 0 Å². The Bertz CT molecular complexity index is 434. The van der Waals surface area contributed by atoms with Crippen molar-refractivity contribution in [2.75, 3.05) is 5.32 Å². The molecule has 0 unspecified atom stereocenters. The topological polar surface area (TPSA) is 28.8 Å². The van der Waals surface area contributed by atoms with Gasteiger partial charge in [-0.05, 0) is 18.9 Å². The molecule has 0 saturated carbocycles. The van der Waals surface area contributed by atoms with Gasteiger partial charge in [-0.25, -0.2) is 0 Å². The molecule has 1 aromatic heterocycles. The molecule has 0 bridgehead atoms. The number of hydrogen-bond donors (Lipinski definition) is 1. The highest BCUT2D eigenvalue weighted by atomic mass is 15.3. The summed E-state index contributed by atoms with van der Waals surface area (Å²) in [6.45, 7) is 4.22. The van der Waals surface area contributed by atoms with E-state index in [4.69, 9.17) is 0 Å². The van der Waals surface area contributed by atoms with Crippen LogP contribution in [0.25, 0.3) is 5.69 Å². The van der Waals surface area contributed by atoms with Gasteiger partial charge in [-0.1, -0.05) is 22.9 Å². The van der Waals surface area contributed by atoms with Gasteiger partial charge in [-0.3, -0.25) is 0 Å². The third-order valence-electron chi connectivity index (χ3n) is 2.19. The van der Waals surface area contributed by atoms with Gasteiger partial charge in [0.25, 0.3) is 0 Å². The maximum absolute atomic E-state index is 4.36. The molecule has 82 valence electrons. The van der Waals surface area contributed by atoms with Crippen LogP contribution in [0.1, 0.15) is 13.8 Å². The lowest BCUT2D eigenvalue weighted by molar-refractivity contribution is -0.659. The predicted molar refractivity (Wildman–Crippen MR) is 64.5 cm³/mol.